The molecule has 34 heavy (non-hydrogen) atoms. The van der Waals surface area contributed by atoms with Crippen molar-refractivity contribution in [3.05, 3.63) is 105 Å². The normalized spacial score (nSPS) is 20.4. The number of carbonyl (C=O) groups is 1. The fraction of sp³-hybridized carbons (Fsp3) is 0.296. The second-order valence-corrected chi connectivity index (χ2v) is 10.1. The van der Waals surface area contributed by atoms with Gasteiger partial charge in [0, 0.05) is 33.3 Å². The molecule has 5 nitrogen and oxygen atoms in total. The minimum absolute atomic E-state index is 0.170. The summed E-state index contributed by atoms with van der Waals surface area (Å²) in [6.07, 6.45) is -0.170. The standard InChI is InChI=1S/C27H25Cl2NO4/c1-26(2,32)19-7-12-24-23(13-19)25(31)30(14-17-3-8-20(28)9-4-17)27(24,34-22-15-33-16-22)18-5-10-21(29)11-6-18/h3-13,22,32H,14-16H2,1-2H3/t27-/m1/s1. The van der Waals surface area contributed by atoms with Gasteiger partial charge in [0.1, 0.15) is 6.10 Å². The number of aliphatic hydroxyl groups is 1. The van der Waals surface area contributed by atoms with Crippen molar-refractivity contribution in [3.8, 4) is 0 Å². The molecule has 1 fully saturated rings. The highest BCUT2D eigenvalue weighted by Gasteiger charge is 2.54. The SMILES string of the molecule is CC(C)(O)c1ccc2c(c1)C(=O)N(Cc1ccc(Cl)cc1)[C@@]2(OC1COC1)c1ccc(Cl)cc1. The van der Waals surface area contributed by atoms with Gasteiger partial charge in [0.25, 0.3) is 5.91 Å². The molecule has 1 N–H and O–H groups in total. The Kier molecular flexibility index (Phi) is 5.95. The van der Waals surface area contributed by atoms with Crippen LogP contribution < -0.4 is 0 Å². The first-order valence-electron chi connectivity index (χ1n) is 11.1. The number of nitrogens with zero attached hydrogens (tertiary/aromatic N) is 1. The Hall–Kier alpha value is -2.41. The summed E-state index contributed by atoms with van der Waals surface area (Å²) in [5.41, 5.74) is 1.33. The number of ether oxygens (including phenoxy) is 2. The maximum atomic E-state index is 14.0. The van der Waals surface area contributed by atoms with Crippen LogP contribution in [0.3, 0.4) is 0 Å². The van der Waals surface area contributed by atoms with E-state index in [2.05, 4.69) is 0 Å². The van der Waals surface area contributed by atoms with Crippen LogP contribution in [0.4, 0.5) is 0 Å². The van der Waals surface area contributed by atoms with Gasteiger partial charge in [0.2, 0.25) is 0 Å². The maximum absolute atomic E-state index is 14.0. The number of hydrogen-bond donors (Lipinski definition) is 1. The molecule has 0 aliphatic carbocycles. The van der Waals surface area contributed by atoms with Crippen molar-refractivity contribution in [2.45, 2.75) is 37.8 Å². The van der Waals surface area contributed by atoms with Gasteiger partial charge in [0.15, 0.2) is 5.72 Å². The van der Waals surface area contributed by atoms with Crippen molar-refractivity contribution in [1.29, 1.82) is 0 Å². The summed E-state index contributed by atoms with van der Waals surface area (Å²) in [4.78, 5) is 15.7. The lowest BCUT2D eigenvalue weighted by molar-refractivity contribution is -0.220. The van der Waals surface area contributed by atoms with Gasteiger partial charge < -0.3 is 14.6 Å². The second kappa shape index (κ2) is 8.67. The minimum Gasteiger partial charge on any atom is -0.386 e. The predicted octanol–water partition coefficient (Wildman–Crippen LogP) is 5.49. The summed E-state index contributed by atoms with van der Waals surface area (Å²) < 4.78 is 12.1. The number of rotatable bonds is 6. The minimum atomic E-state index is -1.18. The van der Waals surface area contributed by atoms with Crippen molar-refractivity contribution in [2.24, 2.45) is 0 Å². The summed E-state index contributed by atoms with van der Waals surface area (Å²) in [5.74, 6) is -0.175. The molecule has 2 aliphatic heterocycles. The molecule has 3 aromatic rings. The third-order valence-corrected chi connectivity index (χ3v) is 6.88. The molecule has 1 saturated heterocycles. The highest BCUT2D eigenvalue weighted by molar-refractivity contribution is 6.30. The Morgan fingerprint density at radius 3 is 2.21 bits per heavy atom. The van der Waals surface area contributed by atoms with E-state index in [1.54, 1.807) is 36.9 Å². The quantitative estimate of drug-likeness (QED) is 0.488. The molecule has 3 aromatic carbocycles. The molecule has 0 aromatic heterocycles. The molecule has 7 heteroatoms. The second-order valence-electron chi connectivity index (χ2n) is 9.27. The van der Waals surface area contributed by atoms with Crippen molar-refractivity contribution in [3.63, 3.8) is 0 Å². The van der Waals surface area contributed by atoms with Crippen LogP contribution in [-0.4, -0.2) is 35.2 Å². The summed E-state index contributed by atoms with van der Waals surface area (Å²) in [5, 5.41) is 11.8. The van der Waals surface area contributed by atoms with E-state index in [1.807, 2.05) is 48.5 Å². The lowest BCUT2D eigenvalue weighted by atomic mass is 9.89. The van der Waals surface area contributed by atoms with E-state index in [1.165, 1.54) is 0 Å². The number of amides is 1. The van der Waals surface area contributed by atoms with E-state index in [0.29, 0.717) is 40.9 Å². The smallest absolute Gasteiger partial charge is 0.257 e. The zero-order chi connectivity index (χ0) is 24.1. The Balaban J connectivity index is 1.71. The van der Waals surface area contributed by atoms with Crippen LogP contribution >= 0.6 is 23.2 Å². The number of halogens is 2. The highest BCUT2D eigenvalue weighted by atomic mass is 35.5. The molecule has 2 heterocycles. The first kappa shape index (κ1) is 23.3. The van der Waals surface area contributed by atoms with Gasteiger partial charge in [-0.3, -0.25) is 9.69 Å². The van der Waals surface area contributed by atoms with E-state index in [0.717, 1.165) is 16.7 Å². The number of carbonyl (C=O) groups excluding carboxylic acids is 1. The third kappa shape index (κ3) is 4.02. The highest BCUT2D eigenvalue weighted by Crippen LogP contribution is 2.48. The molecule has 0 spiro atoms. The zero-order valence-corrected chi connectivity index (χ0v) is 20.4. The largest absolute Gasteiger partial charge is 0.386 e. The molecule has 0 bridgehead atoms. The number of hydrogen-bond acceptors (Lipinski definition) is 4. The van der Waals surface area contributed by atoms with Crippen LogP contribution in [0.2, 0.25) is 10.0 Å². The van der Waals surface area contributed by atoms with Gasteiger partial charge in [-0.2, -0.15) is 0 Å². The monoisotopic (exact) mass is 497 g/mol. The molecule has 0 radical (unpaired) electrons. The molecule has 1 amide bonds. The summed E-state index contributed by atoms with van der Waals surface area (Å²) in [7, 11) is 0. The summed E-state index contributed by atoms with van der Waals surface area (Å²) in [6, 6.07) is 20.3. The van der Waals surface area contributed by atoms with Gasteiger partial charge in [-0.25, -0.2) is 0 Å². The lowest BCUT2D eigenvalue weighted by Gasteiger charge is -2.43. The van der Waals surface area contributed by atoms with E-state index < -0.39 is 11.3 Å². The first-order chi connectivity index (χ1) is 16.2. The van der Waals surface area contributed by atoms with Crippen molar-refractivity contribution in [1.82, 2.24) is 4.90 Å². The van der Waals surface area contributed by atoms with Crippen LogP contribution in [0.25, 0.3) is 0 Å². The summed E-state index contributed by atoms with van der Waals surface area (Å²) >= 11 is 12.3. The molecule has 5 rings (SSSR count). The van der Waals surface area contributed by atoms with Crippen molar-refractivity contribution in [2.75, 3.05) is 13.2 Å². The molecular formula is C27H25Cl2NO4. The van der Waals surface area contributed by atoms with Crippen LogP contribution in [-0.2, 0) is 27.3 Å². The van der Waals surface area contributed by atoms with Gasteiger partial charge in [0.05, 0.1) is 18.8 Å². The Bertz CT molecular complexity index is 1220. The Morgan fingerprint density at radius 1 is 1.03 bits per heavy atom. The molecule has 2 aliphatic rings. The molecule has 0 unspecified atom stereocenters. The Labute approximate surface area is 208 Å². The van der Waals surface area contributed by atoms with Crippen LogP contribution in [0, 0.1) is 0 Å². The van der Waals surface area contributed by atoms with Crippen molar-refractivity contribution >= 4 is 29.1 Å². The first-order valence-corrected chi connectivity index (χ1v) is 11.9. The fourth-order valence-corrected chi connectivity index (χ4v) is 4.74. The maximum Gasteiger partial charge on any atom is 0.257 e. The average molecular weight is 498 g/mol. The molecule has 0 saturated carbocycles. The van der Waals surface area contributed by atoms with E-state index in [-0.39, 0.29) is 12.0 Å². The molecular weight excluding hydrogens is 473 g/mol. The van der Waals surface area contributed by atoms with E-state index in [9.17, 15) is 9.90 Å². The van der Waals surface area contributed by atoms with Crippen molar-refractivity contribution < 1.29 is 19.4 Å². The fourth-order valence-electron chi connectivity index (χ4n) is 4.49. The lowest BCUT2D eigenvalue weighted by Crippen LogP contribution is -2.52. The van der Waals surface area contributed by atoms with Crippen LogP contribution in [0.5, 0.6) is 0 Å². The van der Waals surface area contributed by atoms with Gasteiger partial charge in [-0.15, -0.1) is 0 Å². The van der Waals surface area contributed by atoms with Gasteiger partial charge in [-0.05, 0) is 55.3 Å². The van der Waals surface area contributed by atoms with Gasteiger partial charge >= 0.3 is 0 Å². The number of benzene rings is 3. The topological polar surface area (TPSA) is 59.0 Å². The average Bonchev–Trinajstić information content (AvgIpc) is 3.00. The predicted molar refractivity (Wildman–Crippen MR) is 131 cm³/mol. The number of fused-ring (bicyclic) bond motifs is 1. The summed E-state index contributed by atoms with van der Waals surface area (Å²) in [6.45, 7) is 4.62. The molecule has 1 atom stereocenters. The van der Waals surface area contributed by atoms with Crippen LogP contribution in [0.15, 0.2) is 66.7 Å². The van der Waals surface area contributed by atoms with E-state index >= 15 is 0 Å². The molecule has 176 valence electrons. The zero-order valence-electron chi connectivity index (χ0n) is 18.9. The third-order valence-electron chi connectivity index (χ3n) is 6.38. The van der Waals surface area contributed by atoms with E-state index in [4.69, 9.17) is 32.7 Å². The Morgan fingerprint density at radius 2 is 1.65 bits per heavy atom. The van der Waals surface area contributed by atoms with Gasteiger partial charge in [-0.1, -0.05) is 59.6 Å². The van der Waals surface area contributed by atoms with Crippen LogP contribution in [0.1, 0.15) is 46.5 Å².